The summed E-state index contributed by atoms with van der Waals surface area (Å²) in [5, 5.41) is 11.7. The number of aromatic nitrogens is 2. The molecule has 3 rings (SSSR count). The van der Waals surface area contributed by atoms with Crippen molar-refractivity contribution in [2.75, 3.05) is 25.5 Å². The van der Waals surface area contributed by atoms with Crippen molar-refractivity contribution in [2.24, 2.45) is 11.8 Å². The van der Waals surface area contributed by atoms with Gasteiger partial charge in [-0.25, -0.2) is 4.79 Å². The first-order chi connectivity index (χ1) is 11.7. The molecule has 0 radical (unpaired) electrons. The first-order valence-electron chi connectivity index (χ1n) is 8.57. The predicted octanol–water partition coefficient (Wildman–Crippen LogP) is 3.20. The third-order valence-corrected chi connectivity index (χ3v) is 4.88. The SMILES string of the molecule is COc1cc(Cl)nnc1NC1C[C@@H]2CN(C(=O)OC(C)(C)C)C[C@@H]2C1. The summed E-state index contributed by atoms with van der Waals surface area (Å²) in [5.41, 5.74) is -0.456. The van der Waals surface area contributed by atoms with E-state index >= 15 is 0 Å². The third kappa shape index (κ3) is 4.26. The van der Waals surface area contributed by atoms with E-state index in [1.54, 1.807) is 13.2 Å². The van der Waals surface area contributed by atoms with E-state index in [4.69, 9.17) is 21.1 Å². The quantitative estimate of drug-likeness (QED) is 0.882. The third-order valence-electron chi connectivity index (χ3n) is 4.69. The lowest BCUT2D eigenvalue weighted by atomic mass is 10.0. The largest absolute Gasteiger partial charge is 0.493 e. The van der Waals surface area contributed by atoms with Gasteiger partial charge in [-0.15, -0.1) is 10.2 Å². The molecule has 1 amide bonds. The first-order valence-corrected chi connectivity index (χ1v) is 8.94. The summed E-state index contributed by atoms with van der Waals surface area (Å²) in [6.07, 6.45) is 1.76. The standard InChI is InChI=1S/C17H25ClN4O3/c1-17(2,3)25-16(23)22-8-10-5-12(6-11(10)9-22)19-15-13(24-4)7-14(18)20-21-15/h7,10-12H,5-6,8-9H2,1-4H3,(H,19,21)/t10-,11+,12?. The van der Waals surface area contributed by atoms with Crippen LogP contribution >= 0.6 is 11.6 Å². The molecule has 1 aliphatic heterocycles. The molecular formula is C17H25ClN4O3. The second-order valence-electron chi connectivity index (χ2n) is 7.80. The molecule has 25 heavy (non-hydrogen) atoms. The van der Waals surface area contributed by atoms with Gasteiger partial charge in [-0.3, -0.25) is 0 Å². The molecule has 7 nitrogen and oxygen atoms in total. The van der Waals surface area contributed by atoms with Crippen molar-refractivity contribution >= 4 is 23.5 Å². The van der Waals surface area contributed by atoms with Gasteiger partial charge in [0.05, 0.1) is 7.11 Å². The Morgan fingerprint density at radius 3 is 2.48 bits per heavy atom. The number of methoxy groups -OCH3 is 1. The molecule has 1 unspecified atom stereocenters. The monoisotopic (exact) mass is 368 g/mol. The van der Waals surface area contributed by atoms with Crippen molar-refractivity contribution in [3.05, 3.63) is 11.2 Å². The van der Waals surface area contributed by atoms with E-state index in [-0.39, 0.29) is 6.09 Å². The van der Waals surface area contributed by atoms with Gasteiger partial charge in [0, 0.05) is 25.2 Å². The molecule has 2 fully saturated rings. The van der Waals surface area contributed by atoms with Gasteiger partial charge in [0.1, 0.15) is 5.60 Å². The van der Waals surface area contributed by atoms with Crippen molar-refractivity contribution in [1.82, 2.24) is 15.1 Å². The molecule has 1 aromatic heterocycles. The maximum Gasteiger partial charge on any atom is 0.410 e. The fourth-order valence-electron chi connectivity index (χ4n) is 3.69. The van der Waals surface area contributed by atoms with Gasteiger partial charge in [0.25, 0.3) is 0 Å². The number of carbonyl (C=O) groups excluding carboxylic acids is 1. The summed E-state index contributed by atoms with van der Waals surface area (Å²) < 4.78 is 10.8. The van der Waals surface area contributed by atoms with Crippen molar-refractivity contribution in [3.63, 3.8) is 0 Å². The first kappa shape index (κ1) is 18.0. The lowest BCUT2D eigenvalue weighted by Crippen LogP contribution is -2.36. The number of rotatable bonds is 3. The molecule has 3 atom stereocenters. The van der Waals surface area contributed by atoms with Crippen molar-refractivity contribution in [3.8, 4) is 5.75 Å². The summed E-state index contributed by atoms with van der Waals surface area (Å²) in [7, 11) is 1.58. The van der Waals surface area contributed by atoms with E-state index in [0.29, 0.717) is 34.6 Å². The maximum atomic E-state index is 12.2. The van der Waals surface area contributed by atoms with E-state index in [2.05, 4.69) is 15.5 Å². The molecule has 138 valence electrons. The topological polar surface area (TPSA) is 76.6 Å². The van der Waals surface area contributed by atoms with Gasteiger partial charge in [-0.2, -0.15) is 0 Å². The Hall–Kier alpha value is -1.76. The molecule has 2 heterocycles. The number of ether oxygens (including phenoxy) is 2. The van der Waals surface area contributed by atoms with Crippen LogP contribution in [0.5, 0.6) is 5.75 Å². The fraction of sp³-hybridized carbons (Fsp3) is 0.706. The minimum absolute atomic E-state index is 0.211. The Balaban J connectivity index is 1.56. The van der Waals surface area contributed by atoms with Crippen molar-refractivity contribution < 1.29 is 14.3 Å². The molecule has 1 aromatic rings. The van der Waals surface area contributed by atoms with Gasteiger partial charge in [0.2, 0.25) is 0 Å². The van der Waals surface area contributed by atoms with E-state index < -0.39 is 5.60 Å². The van der Waals surface area contributed by atoms with Crippen LogP contribution in [0.1, 0.15) is 33.6 Å². The highest BCUT2D eigenvalue weighted by atomic mass is 35.5. The number of amides is 1. The van der Waals surface area contributed by atoms with E-state index in [1.165, 1.54) is 0 Å². The van der Waals surface area contributed by atoms with Crippen molar-refractivity contribution in [2.45, 2.75) is 45.3 Å². The van der Waals surface area contributed by atoms with E-state index in [1.807, 2.05) is 25.7 Å². The number of fused-ring (bicyclic) bond motifs is 1. The molecule has 1 aliphatic carbocycles. The van der Waals surface area contributed by atoms with Crippen LogP contribution in [0.15, 0.2) is 6.07 Å². The van der Waals surface area contributed by atoms with Crippen LogP contribution in [0.2, 0.25) is 5.15 Å². The van der Waals surface area contributed by atoms with Crippen LogP contribution in [0.4, 0.5) is 10.6 Å². The molecule has 0 bridgehead atoms. The summed E-state index contributed by atoms with van der Waals surface area (Å²) in [4.78, 5) is 14.1. The Labute approximate surface area is 153 Å². The summed E-state index contributed by atoms with van der Waals surface area (Å²) >= 11 is 5.85. The average Bonchev–Trinajstić information content (AvgIpc) is 3.05. The molecule has 1 saturated heterocycles. The zero-order valence-electron chi connectivity index (χ0n) is 15.1. The van der Waals surface area contributed by atoms with Crippen LogP contribution < -0.4 is 10.1 Å². The zero-order chi connectivity index (χ0) is 18.2. The Kier molecular flexibility index (Phi) is 4.95. The molecule has 0 spiro atoms. The predicted molar refractivity (Wildman–Crippen MR) is 95.0 cm³/mol. The number of anilines is 1. The van der Waals surface area contributed by atoms with Crippen LogP contribution in [-0.2, 0) is 4.74 Å². The van der Waals surface area contributed by atoms with Gasteiger partial charge in [-0.05, 0) is 45.4 Å². The fourth-order valence-corrected chi connectivity index (χ4v) is 3.83. The molecule has 8 heteroatoms. The molecule has 1 N–H and O–H groups in total. The zero-order valence-corrected chi connectivity index (χ0v) is 15.8. The Morgan fingerprint density at radius 2 is 1.92 bits per heavy atom. The Morgan fingerprint density at radius 1 is 1.28 bits per heavy atom. The number of hydrogen-bond acceptors (Lipinski definition) is 6. The minimum Gasteiger partial charge on any atom is -0.493 e. The highest BCUT2D eigenvalue weighted by molar-refractivity contribution is 6.29. The average molecular weight is 369 g/mol. The van der Waals surface area contributed by atoms with Gasteiger partial charge < -0.3 is 19.7 Å². The highest BCUT2D eigenvalue weighted by Crippen LogP contribution is 2.40. The molecule has 0 aromatic carbocycles. The summed E-state index contributed by atoms with van der Waals surface area (Å²) in [6, 6.07) is 1.94. The lowest BCUT2D eigenvalue weighted by molar-refractivity contribution is 0.0280. The number of hydrogen-bond donors (Lipinski definition) is 1. The van der Waals surface area contributed by atoms with E-state index in [9.17, 15) is 4.79 Å². The maximum absolute atomic E-state index is 12.2. The molecule has 1 saturated carbocycles. The normalized spacial score (nSPS) is 25.6. The van der Waals surface area contributed by atoms with Crippen LogP contribution in [-0.4, -0.2) is 53.0 Å². The second kappa shape index (κ2) is 6.86. The number of nitrogens with zero attached hydrogens (tertiary/aromatic N) is 3. The van der Waals surface area contributed by atoms with Crippen LogP contribution in [0, 0.1) is 11.8 Å². The second-order valence-corrected chi connectivity index (χ2v) is 8.19. The lowest BCUT2D eigenvalue weighted by Gasteiger charge is -2.25. The Bertz CT molecular complexity index is 635. The number of carbonyl (C=O) groups is 1. The van der Waals surface area contributed by atoms with Gasteiger partial charge >= 0.3 is 6.09 Å². The van der Waals surface area contributed by atoms with Crippen molar-refractivity contribution in [1.29, 1.82) is 0 Å². The van der Waals surface area contributed by atoms with Crippen LogP contribution in [0.3, 0.4) is 0 Å². The molecular weight excluding hydrogens is 344 g/mol. The number of nitrogens with one attached hydrogen (secondary N) is 1. The highest BCUT2D eigenvalue weighted by Gasteiger charge is 2.43. The number of halogens is 1. The van der Waals surface area contributed by atoms with Crippen LogP contribution in [0.25, 0.3) is 0 Å². The smallest absolute Gasteiger partial charge is 0.410 e. The summed E-state index contributed by atoms with van der Waals surface area (Å²) in [5.74, 6) is 2.17. The summed E-state index contributed by atoms with van der Waals surface area (Å²) in [6.45, 7) is 7.18. The minimum atomic E-state index is -0.456. The van der Waals surface area contributed by atoms with Gasteiger partial charge in [0.15, 0.2) is 16.7 Å². The molecule has 2 aliphatic rings. The van der Waals surface area contributed by atoms with Gasteiger partial charge in [-0.1, -0.05) is 11.6 Å². The van der Waals surface area contributed by atoms with E-state index in [0.717, 1.165) is 25.9 Å². The number of likely N-dealkylation sites (tertiary alicyclic amines) is 1.